The highest BCUT2D eigenvalue weighted by molar-refractivity contribution is 7.89. The van der Waals surface area contributed by atoms with Gasteiger partial charge in [-0.15, -0.1) is 0 Å². The van der Waals surface area contributed by atoms with Gasteiger partial charge >= 0.3 is 0 Å². The van der Waals surface area contributed by atoms with Crippen LogP contribution in [0.15, 0.2) is 23.1 Å². The lowest BCUT2D eigenvalue weighted by molar-refractivity contribution is -0.179. The number of amides is 2. The molecule has 4 rings (SSSR count). The second-order valence-electron chi connectivity index (χ2n) is 6.97. The zero-order valence-electron chi connectivity index (χ0n) is 14.9. The summed E-state index contributed by atoms with van der Waals surface area (Å²) in [6, 6.07) is 3.52. The van der Waals surface area contributed by atoms with E-state index < -0.39 is 27.7 Å². The molecular formula is C17H21N3O6S. The fraction of sp³-hybridized carbons (Fsp3) is 0.529. The minimum Gasteiger partial charge on any atom is -0.496 e. The molecule has 1 aromatic carbocycles. The fourth-order valence-electron chi connectivity index (χ4n) is 4.38. The molecule has 0 aliphatic carbocycles. The average Bonchev–Trinajstić information content (AvgIpc) is 3.12. The number of benzene rings is 1. The van der Waals surface area contributed by atoms with Gasteiger partial charge in [0.15, 0.2) is 5.72 Å². The van der Waals surface area contributed by atoms with Crippen molar-refractivity contribution in [3.63, 3.8) is 0 Å². The van der Waals surface area contributed by atoms with E-state index in [0.29, 0.717) is 26.1 Å². The predicted molar refractivity (Wildman–Crippen MR) is 93.4 cm³/mol. The maximum Gasteiger partial charge on any atom is 0.258 e. The van der Waals surface area contributed by atoms with Crippen LogP contribution in [0.3, 0.4) is 0 Å². The van der Waals surface area contributed by atoms with Crippen LogP contribution in [0.5, 0.6) is 5.75 Å². The van der Waals surface area contributed by atoms with E-state index in [1.807, 2.05) is 0 Å². The molecule has 2 amide bonds. The maximum atomic E-state index is 13.3. The van der Waals surface area contributed by atoms with Crippen molar-refractivity contribution in [2.45, 2.75) is 35.9 Å². The summed E-state index contributed by atoms with van der Waals surface area (Å²) in [5, 5.41) is 5.20. The van der Waals surface area contributed by atoms with Crippen LogP contribution in [0, 0.1) is 0 Å². The summed E-state index contributed by atoms with van der Waals surface area (Å²) < 4.78 is 34.6. The number of likely N-dealkylation sites (tertiary alicyclic amines) is 1. The number of methoxy groups -OCH3 is 1. The van der Waals surface area contributed by atoms with Gasteiger partial charge in [0.05, 0.1) is 36.6 Å². The molecule has 1 aromatic rings. The number of nitrogens with two attached hydrogens (primary N) is 1. The normalized spacial score (nSPS) is 27.5. The standard InChI is InChI=1S/C17H21N3O6S/c1-25-13-4-3-11(27(18,23)24)9-12(13)16(22)19-7-5-17-14(19)10-15(21)20(17)6-2-8-26-17/h3-4,9,14H,2,5-8,10H2,1H3,(H2,18,23,24)/t14-,17+/m1/s1. The minimum absolute atomic E-state index is 0.0255. The molecule has 2 atom stereocenters. The summed E-state index contributed by atoms with van der Waals surface area (Å²) in [6.07, 6.45) is 1.51. The van der Waals surface area contributed by atoms with E-state index in [0.717, 1.165) is 6.42 Å². The van der Waals surface area contributed by atoms with Crippen LogP contribution >= 0.6 is 0 Å². The van der Waals surface area contributed by atoms with Crippen LogP contribution in [0.25, 0.3) is 0 Å². The molecule has 27 heavy (non-hydrogen) atoms. The lowest BCUT2D eigenvalue weighted by Crippen LogP contribution is -2.56. The van der Waals surface area contributed by atoms with Crippen LogP contribution < -0.4 is 9.88 Å². The van der Waals surface area contributed by atoms with E-state index in [4.69, 9.17) is 14.6 Å². The van der Waals surface area contributed by atoms with Crippen molar-refractivity contribution < 1.29 is 27.5 Å². The molecule has 3 fully saturated rings. The topological polar surface area (TPSA) is 119 Å². The van der Waals surface area contributed by atoms with Gasteiger partial charge < -0.3 is 19.3 Å². The molecule has 1 spiro atoms. The Morgan fingerprint density at radius 3 is 2.85 bits per heavy atom. The predicted octanol–water partition coefficient (Wildman–Crippen LogP) is -0.0940. The summed E-state index contributed by atoms with van der Waals surface area (Å²) in [6.45, 7) is 1.59. The molecule has 0 unspecified atom stereocenters. The quantitative estimate of drug-likeness (QED) is 0.764. The first-order valence-electron chi connectivity index (χ1n) is 8.74. The Kier molecular flexibility index (Phi) is 4.17. The van der Waals surface area contributed by atoms with E-state index in [1.54, 1.807) is 9.80 Å². The van der Waals surface area contributed by atoms with E-state index in [2.05, 4.69) is 0 Å². The molecular weight excluding hydrogens is 374 g/mol. The molecule has 3 aliphatic heterocycles. The number of hydrogen-bond donors (Lipinski definition) is 1. The van der Waals surface area contributed by atoms with Gasteiger partial charge in [-0.2, -0.15) is 0 Å². The minimum atomic E-state index is -3.97. The molecule has 0 bridgehead atoms. The Morgan fingerprint density at radius 2 is 2.15 bits per heavy atom. The highest BCUT2D eigenvalue weighted by Crippen LogP contribution is 2.45. The van der Waals surface area contributed by atoms with E-state index in [9.17, 15) is 18.0 Å². The molecule has 0 saturated carbocycles. The smallest absolute Gasteiger partial charge is 0.258 e. The van der Waals surface area contributed by atoms with Crippen LogP contribution in [0.1, 0.15) is 29.6 Å². The van der Waals surface area contributed by atoms with Gasteiger partial charge in [0, 0.05) is 19.5 Å². The van der Waals surface area contributed by atoms with Gasteiger partial charge in [-0.1, -0.05) is 0 Å². The van der Waals surface area contributed by atoms with Gasteiger partial charge in [0.25, 0.3) is 5.91 Å². The first kappa shape index (κ1) is 18.2. The lowest BCUT2D eigenvalue weighted by atomic mass is 10.0. The Balaban J connectivity index is 1.71. The molecule has 2 N–H and O–H groups in total. The SMILES string of the molecule is COc1ccc(S(N)(=O)=O)cc1C(=O)N1CC[C@@]23OCCCN2C(=O)C[C@@H]13. The van der Waals surface area contributed by atoms with Crippen molar-refractivity contribution in [3.05, 3.63) is 23.8 Å². The number of carbonyl (C=O) groups is 2. The van der Waals surface area contributed by atoms with Gasteiger partial charge in [-0.3, -0.25) is 9.59 Å². The summed E-state index contributed by atoms with van der Waals surface area (Å²) in [5.41, 5.74) is -0.668. The van der Waals surface area contributed by atoms with Crippen LogP contribution in [-0.2, 0) is 19.6 Å². The van der Waals surface area contributed by atoms with Crippen LogP contribution in [-0.4, -0.2) is 68.6 Å². The van der Waals surface area contributed by atoms with Crippen molar-refractivity contribution in [2.24, 2.45) is 5.14 Å². The number of nitrogens with zero attached hydrogens (tertiary/aromatic N) is 2. The number of rotatable bonds is 3. The fourth-order valence-corrected chi connectivity index (χ4v) is 4.92. The van der Waals surface area contributed by atoms with E-state index in [1.165, 1.54) is 25.3 Å². The number of sulfonamides is 1. The van der Waals surface area contributed by atoms with Crippen molar-refractivity contribution in [1.29, 1.82) is 0 Å². The van der Waals surface area contributed by atoms with Crippen molar-refractivity contribution >= 4 is 21.8 Å². The molecule has 3 heterocycles. The van der Waals surface area contributed by atoms with Crippen molar-refractivity contribution in [2.75, 3.05) is 26.8 Å². The Bertz CT molecular complexity index is 917. The van der Waals surface area contributed by atoms with Crippen LogP contribution in [0.2, 0.25) is 0 Å². The molecule has 3 aliphatic rings. The molecule has 0 radical (unpaired) electrons. The first-order valence-corrected chi connectivity index (χ1v) is 10.3. The molecule has 146 valence electrons. The van der Waals surface area contributed by atoms with Gasteiger partial charge in [-0.25, -0.2) is 13.6 Å². The summed E-state index contributed by atoms with van der Waals surface area (Å²) in [4.78, 5) is 28.8. The third-order valence-electron chi connectivity index (χ3n) is 5.60. The summed E-state index contributed by atoms with van der Waals surface area (Å²) in [7, 11) is -2.57. The van der Waals surface area contributed by atoms with Crippen molar-refractivity contribution in [3.8, 4) is 5.75 Å². The number of carbonyl (C=O) groups excluding carboxylic acids is 2. The summed E-state index contributed by atoms with van der Waals surface area (Å²) >= 11 is 0. The highest BCUT2D eigenvalue weighted by atomic mass is 32.2. The zero-order chi connectivity index (χ0) is 19.4. The number of ether oxygens (including phenoxy) is 2. The first-order chi connectivity index (χ1) is 12.8. The molecule has 9 nitrogen and oxygen atoms in total. The van der Waals surface area contributed by atoms with Gasteiger partial charge in [-0.05, 0) is 24.6 Å². The maximum absolute atomic E-state index is 13.3. The lowest BCUT2D eigenvalue weighted by Gasteiger charge is -2.42. The Hall–Kier alpha value is -2.17. The molecule has 3 saturated heterocycles. The van der Waals surface area contributed by atoms with Gasteiger partial charge in [0.1, 0.15) is 5.75 Å². The van der Waals surface area contributed by atoms with E-state index in [-0.39, 0.29) is 28.5 Å². The molecule has 10 heteroatoms. The summed E-state index contributed by atoms with van der Waals surface area (Å²) in [5.74, 6) is -0.176. The average molecular weight is 395 g/mol. The Labute approximate surface area is 157 Å². The Morgan fingerprint density at radius 1 is 1.37 bits per heavy atom. The highest BCUT2D eigenvalue weighted by Gasteiger charge is 2.61. The third kappa shape index (κ3) is 2.70. The largest absolute Gasteiger partial charge is 0.496 e. The third-order valence-corrected chi connectivity index (χ3v) is 6.51. The van der Waals surface area contributed by atoms with Crippen molar-refractivity contribution in [1.82, 2.24) is 9.80 Å². The monoisotopic (exact) mass is 395 g/mol. The molecule has 0 aromatic heterocycles. The number of hydrogen-bond acceptors (Lipinski definition) is 6. The second-order valence-corrected chi connectivity index (χ2v) is 8.53. The van der Waals surface area contributed by atoms with Gasteiger partial charge in [0.2, 0.25) is 15.9 Å². The second kappa shape index (κ2) is 6.18. The van der Waals surface area contributed by atoms with Crippen LogP contribution in [0.4, 0.5) is 0 Å². The zero-order valence-corrected chi connectivity index (χ0v) is 15.7. The number of primary sulfonamides is 1. The van der Waals surface area contributed by atoms with E-state index >= 15 is 0 Å².